The highest BCUT2D eigenvalue weighted by atomic mass is 32.1. The minimum Gasteiger partial charge on any atom is -0.349 e. The van der Waals surface area contributed by atoms with E-state index in [0.29, 0.717) is 0 Å². The summed E-state index contributed by atoms with van der Waals surface area (Å²) in [5, 5.41) is 0.947. The van der Waals surface area contributed by atoms with Crippen molar-refractivity contribution in [1.82, 2.24) is 9.88 Å². The molecule has 1 saturated carbocycles. The number of aldehydes is 1. The first kappa shape index (κ1) is 13.5. The number of nitrogens with zero attached hydrogens (tertiary/aromatic N) is 3. The Kier molecular flexibility index (Phi) is 3.73. The van der Waals surface area contributed by atoms with E-state index >= 15 is 0 Å². The molecular formula is C13H21N3OS. The predicted molar refractivity (Wildman–Crippen MR) is 75.8 cm³/mol. The normalized spacial score (nSPS) is 17.6. The second kappa shape index (κ2) is 4.97. The van der Waals surface area contributed by atoms with Gasteiger partial charge in [0.1, 0.15) is 0 Å². The second-order valence-corrected chi connectivity index (χ2v) is 6.40. The molecule has 5 heteroatoms. The molecular weight excluding hydrogens is 246 g/mol. The molecule has 1 fully saturated rings. The SMILES string of the molecule is Cc1nc(N(C)CC2(N(C)C)CCC2)sc1C=O. The van der Waals surface area contributed by atoms with Crippen molar-refractivity contribution in [3.05, 3.63) is 10.6 Å². The number of carbonyl (C=O) groups excluding carboxylic acids is 1. The monoisotopic (exact) mass is 267 g/mol. The molecule has 100 valence electrons. The summed E-state index contributed by atoms with van der Waals surface area (Å²) >= 11 is 1.48. The Morgan fingerprint density at radius 1 is 1.39 bits per heavy atom. The average molecular weight is 267 g/mol. The zero-order valence-corrected chi connectivity index (χ0v) is 12.4. The predicted octanol–water partition coefficient (Wildman–Crippen LogP) is 2.18. The third-order valence-electron chi connectivity index (χ3n) is 4.02. The topological polar surface area (TPSA) is 36.4 Å². The van der Waals surface area contributed by atoms with Crippen molar-refractivity contribution >= 4 is 22.8 Å². The number of hydrogen-bond acceptors (Lipinski definition) is 5. The van der Waals surface area contributed by atoms with Crippen LogP contribution in [-0.4, -0.2) is 49.4 Å². The summed E-state index contributed by atoms with van der Waals surface area (Å²) in [7, 11) is 6.37. The Hall–Kier alpha value is -0.940. The van der Waals surface area contributed by atoms with Crippen molar-refractivity contribution in [2.75, 3.05) is 32.6 Å². The van der Waals surface area contributed by atoms with Crippen LogP contribution in [0.5, 0.6) is 0 Å². The summed E-state index contributed by atoms with van der Waals surface area (Å²) in [6.07, 6.45) is 4.70. The number of likely N-dealkylation sites (N-methyl/N-ethyl adjacent to an activating group) is 2. The summed E-state index contributed by atoms with van der Waals surface area (Å²) in [6, 6.07) is 0. The van der Waals surface area contributed by atoms with E-state index in [0.717, 1.165) is 28.5 Å². The van der Waals surface area contributed by atoms with Crippen molar-refractivity contribution in [1.29, 1.82) is 0 Å². The van der Waals surface area contributed by atoms with Gasteiger partial charge >= 0.3 is 0 Å². The molecule has 2 rings (SSSR count). The molecule has 0 amide bonds. The van der Waals surface area contributed by atoms with Gasteiger partial charge in [-0.2, -0.15) is 0 Å². The Labute approximate surface area is 113 Å². The second-order valence-electron chi connectivity index (χ2n) is 5.39. The zero-order chi connectivity index (χ0) is 13.3. The zero-order valence-electron chi connectivity index (χ0n) is 11.6. The van der Waals surface area contributed by atoms with Crippen LogP contribution in [0, 0.1) is 6.92 Å². The van der Waals surface area contributed by atoms with Gasteiger partial charge in [0.05, 0.1) is 10.6 Å². The van der Waals surface area contributed by atoms with Crippen molar-refractivity contribution < 1.29 is 4.79 Å². The number of rotatable bonds is 5. The third kappa shape index (κ3) is 2.29. The van der Waals surface area contributed by atoms with E-state index < -0.39 is 0 Å². The van der Waals surface area contributed by atoms with Crippen molar-refractivity contribution in [3.63, 3.8) is 0 Å². The average Bonchev–Trinajstić information content (AvgIpc) is 2.64. The number of aryl methyl sites for hydroxylation is 1. The van der Waals surface area contributed by atoms with Gasteiger partial charge in [-0.25, -0.2) is 4.98 Å². The van der Waals surface area contributed by atoms with Gasteiger partial charge in [-0.1, -0.05) is 11.3 Å². The molecule has 0 spiro atoms. The van der Waals surface area contributed by atoms with Gasteiger partial charge in [-0.15, -0.1) is 0 Å². The third-order valence-corrected chi connectivity index (χ3v) is 5.22. The smallest absolute Gasteiger partial charge is 0.186 e. The van der Waals surface area contributed by atoms with E-state index in [1.165, 1.54) is 30.6 Å². The molecule has 1 aliphatic rings. The van der Waals surface area contributed by atoms with Crippen molar-refractivity contribution in [2.45, 2.75) is 31.7 Å². The highest BCUT2D eigenvalue weighted by Crippen LogP contribution is 2.38. The molecule has 1 aliphatic carbocycles. The van der Waals surface area contributed by atoms with E-state index in [1.54, 1.807) is 0 Å². The van der Waals surface area contributed by atoms with Crippen LogP contribution in [0.15, 0.2) is 0 Å². The summed E-state index contributed by atoms with van der Waals surface area (Å²) in [6.45, 7) is 2.87. The number of carbonyl (C=O) groups is 1. The minimum absolute atomic E-state index is 0.287. The Bertz CT molecular complexity index is 437. The molecule has 0 radical (unpaired) electrons. The lowest BCUT2D eigenvalue weighted by atomic mass is 9.75. The molecule has 0 saturated heterocycles. The first-order valence-electron chi connectivity index (χ1n) is 6.30. The van der Waals surface area contributed by atoms with Gasteiger partial charge in [0, 0.05) is 19.1 Å². The van der Waals surface area contributed by atoms with Crippen LogP contribution in [-0.2, 0) is 0 Å². The molecule has 0 N–H and O–H groups in total. The number of thiazole rings is 1. The largest absolute Gasteiger partial charge is 0.349 e. The van der Waals surface area contributed by atoms with Gasteiger partial charge in [0.2, 0.25) is 0 Å². The van der Waals surface area contributed by atoms with Crippen molar-refractivity contribution in [2.24, 2.45) is 0 Å². The molecule has 0 unspecified atom stereocenters. The highest BCUT2D eigenvalue weighted by molar-refractivity contribution is 7.17. The van der Waals surface area contributed by atoms with Crippen LogP contribution in [0.2, 0.25) is 0 Å². The molecule has 0 atom stereocenters. The van der Waals surface area contributed by atoms with E-state index in [4.69, 9.17) is 0 Å². The van der Waals surface area contributed by atoms with E-state index in [9.17, 15) is 4.79 Å². The first-order chi connectivity index (χ1) is 8.48. The van der Waals surface area contributed by atoms with Crippen LogP contribution in [0.1, 0.15) is 34.6 Å². The summed E-state index contributed by atoms with van der Waals surface area (Å²) < 4.78 is 0. The summed E-state index contributed by atoms with van der Waals surface area (Å²) in [5.74, 6) is 0. The Morgan fingerprint density at radius 2 is 2.06 bits per heavy atom. The quantitative estimate of drug-likeness (QED) is 0.766. The maximum atomic E-state index is 10.9. The fourth-order valence-electron chi connectivity index (χ4n) is 2.51. The highest BCUT2D eigenvalue weighted by Gasteiger charge is 2.40. The Balaban J connectivity index is 2.11. The lowest BCUT2D eigenvalue weighted by Crippen LogP contribution is -2.56. The summed E-state index contributed by atoms with van der Waals surface area (Å²) in [5.41, 5.74) is 1.12. The number of hydrogen-bond donors (Lipinski definition) is 0. The first-order valence-corrected chi connectivity index (χ1v) is 7.11. The van der Waals surface area contributed by atoms with E-state index in [-0.39, 0.29) is 5.54 Å². The van der Waals surface area contributed by atoms with E-state index in [1.807, 2.05) is 6.92 Å². The Morgan fingerprint density at radius 3 is 2.44 bits per heavy atom. The lowest BCUT2D eigenvalue weighted by Gasteiger charge is -2.49. The maximum absolute atomic E-state index is 10.9. The summed E-state index contributed by atoms with van der Waals surface area (Å²) in [4.78, 5) is 20.6. The molecule has 1 heterocycles. The molecule has 1 aromatic rings. The molecule has 0 bridgehead atoms. The molecule has 1 aromatic heterocycles. The molecule has 4 nitrogen and oxygen atoms in total. The minimum atomic E-state index is 0.287. The van der Waals surface area contributed by atoms with Crippen LogP contribution in [0.4, 0.5) is 5.13 Å². The number of aromatic nitrogens is 1. The fourth-order valence-corrected chi connectivity index (χ4v) is 3.35. The fraction of sp³-hybridized carbons (Fsp3) is 0.692. The lowest BCUT2D eigenvalue weighted by molar-refractivity contribution is 0.0683. The van der Waals surface area contributed by atoms with Gasteiger partial charge in [0.15, 0.2) is 11.4 Å². The molecule has 0 aliphatic heterocycles. The van der Waals surface area contributed by atoms with Crippen LogP contribution in [0.3, 0.4) is 0 Å². The van der Waals surface area contributed by atoms with Gasteiger partial charge in [-0.05, 0) is 40.3 Å². The van der Waals surface area contributed by atoms with Gasteiger partial charge < -0.3 is 9.80 Å². The molecule has 0 aromatic carbocycles. The van der Waals surface area contributed by atoms with Crippen LogP contribution < -0.4 is 4.90 Å². The standard InChI is InChI=1S/C13H21N3OS/c1-10-11(8-17)18-12(14-10)16(4)9-13(15(2)3)6-5-7-13/h8H,5-7,9H2,1-4H3. The van der Waals surface area contributed by atoms with Gasteiger partial charge in [-0.3, -0.25) is 4.79 Å². The van der Waals surface area contributed by atoms with E-state index in [2.05, 4.69) is 35.9 Å². The van der Waals surface area contributed by atoms with Gasteiger partial charge in [0.25, 0.3) is 0 Å². The van der Waals surface area contributed by atoms with Crippen molar-refractivity contribution in [3.8, 4) is 0 Å². The number of anilines is 1. The molecule has 18 heavy (non-hydrogen) atoms. The maximum Gasteiger partial charge on any atom is 0.186 e. The van der Waals surface area contributed by atoms with Crippen LogP contribution >= 0.6 is 11.3 Å². The van der Waals surface area contributed by atoms with Crippen LogP contribution in [0.25, 0.3) is 0 Å².